The highest BCUT2D eigenvalue weighted by Crippen LogP contribution is 2.36. The predicted molar refractivity (Wildman–Crippen MR) is 146 cm³/mol. The summed E-state index contributed by atoms with van der Waals surface area (Å²) in [6, 6.07) is 12.8. The van der Waals surface area contributed by atoms with Crippen LogP contribution in [0.5, 0.6) is 0 Å². The number of halogens is 1. The highest BCUT2D eigenvalue weighted by Gasteiger charge is 2.43. The third kappa shape index (κ3) is 6.79. The van der Waals surface area contributed by atoms with Crippen LogP contribution in [0.3, 0.4) is 0 Å². The molecule has 216 valence electrons. The van der Waals surface area contributed by atoms with Crippen molar-refractivity contribution in [2.45, 2.75) is 63.4 Å². The Morgan fingerprint density at radius 3 is 2.50 bits per heavy atom. The molecule has 0 unspecified atom stereocenters. The van der Waals surface area contributed by atoms with Gasteiger partial charge in [-0.2, -0.15) is 0 Å². The number of ether oxygens (including phenoxy) is 3. The Balaban J connectivity index is 1.58. The van der Waals surface area contributed by atoms with Crippen molar-refractivity contribution in [2.75, 3.05) is 33.9 Å². The van der Waals surface area contributed by atoms with Gasteiger partial charge >= 0.3 is 12.1 Å². The van der Waals surface area contributed by atoms with Gasteiger partial charge < -0.3 is 29.3 Å². The molecule has 2 aromatic rings. The molecule has 0 radical (unpaired) electrons. The fourth-order valence-corrected chi connectivity index (χ4v) is 5.31. The molecular formula is C30H38FN3O6. The zero-order chi connectivity index (χ0) is 29.0. The molecule has 0 spiro atoms. The highest BCUT2D eigenvalue weighted by atomic mass is 19.1. The van der Waals surface area contributed by atoms with Gasteiger partial charge in [0.2, 0.25) is 0 Å². The number of carbonyl (C=O) groups excluding carboxylic acids is 3. The van der Waals surface area contributed by atoms with Gasteiger partial charge in [0, 0.05) is 26.1 Å². The minimum Gasteiger partial charge on any atom is -0.468 e. The average Bonchev–Trinajstić information content (AvgIpc) is 2.94. The predicted octanol–water partition coefficient (Wildman–Crippen LogP) is 3.46. The van der Waals surface area contributed by atoms with Gasteiger partial charge in [0.05, 0.1) is 32.3 Å². The summed E-state index contributed by atoms with van der Waals surface area (Å²) < 4.78 is 30.2. The van der Waals surface area contributed by atoms with E-state index in [2.05, 4.69) is 11.4 Å². The normalized spacial score (nSPS) is 22.7. The average molecular weight is 556 g/mol. The van der Waals surface area contributed by atoms with E-state index in [0.717, 1.165) is 16.7 Å². The maximum Gasteiger partial charge on any atom is 0.410 e. The SMILES string of the molecule is COC(=O)CN[C@H]1C[C@H](C(=O)N2CCc3ccccc3[C@@H]2c2ccc(F)cc2)OC[C@@H]1N(C)C(=O)OC(C)(C)C. The summed E-state index contributed by atoms with van der Waals surface area (Å²) in [6.07, 6.45) is -0.436. The second kappa shape index (κ2) is 12.3. The third-order valence-corrected chi connectivity index (χ3v) is 7.34. The lowest BCUT2D eigenvalue weighted by Gasteiger charge is -2.44. The van der Waals surface area contributed by atoms with Crippen LogP contribution in [-0.2, 0) is 30.2 Å². The van der Waals surface area contributed by atoms with E-state index in [1.165, 1.54) is 24.1 Å². The van der Waals surface area contributed by atoms with E-state index >= 15 is 0 Å². The number of hydrogen-bond acceptors (Lipinski definition) is 7. The summed E-state index contributed by atoms with van der Waals surface area (Å²) in [4.78, 5) is 42.0. The molecule has 2 aliphatic heterocycles. The van der Waals surface area contributed by atoms with Crippen molar-refractivity contribution in [3.63, 3.8) is 0 Å². The molecule has 0 saturated carbocycles. The summed E-state index contributed by atoms with van der Waals surface area (Å²) >= 11 is 0. The van der Waals surface area contributed by atoms with Gasteiger partial charge in [0.25, 0.3) is 5.91 Å². The number of rotatable bonds is 6. The van der Waals surface area contributed by atoms with E-state index in [4.69, 9.17) is 14.2 Å². The standard InChI is InChI=1S/C30H38FN3O6/c1-30(2,3)40-29(37)33(4)24-18-39-25(16-23(24)32-17-26(35)38-5)28(36)34-15-14-19-8-6-7-9-22(19)27(34)20-10-12-21(31)13-11-20/h6-13,23-25,27,32H,14-18H2,1-5H3/t23-,24-,25+,27-/m0/s1. The zero-order valence-corrected chi connectivity index (χ0v) is 23.7. The molecule has 1 fully saturated rings. The van der Waals surface area contributed by atoms with Crippen molar-refractivity contribution in [1.82, 2.24) is 15.1 Å². The van der Waals surface area contributed by atoms with Crippen molar-refractivity contribution in [2.24, 2.45) is 0 Å². The van der Waals surface area contributed by atoms with E-state index in [1.54, 1.807) is 44.9 Å². The Bertz CT molecular complexity index is 1210. The maximum atomic E-state index is 14.1. The van der Waals surface area contributed by atoms with Crippen LogP contribution in [0, 0.1) is 5.82 Å². The Morgan fingerprint density at radius 2 is 1.82 bits per heavy atom. The first-order valence-electron chi connectivity index (χ1n) is 13.5. The van der Waals surface area contributed by atoms with Gasteiger partial charge in [0.1, 0.15) is 17.5 Å². The highest BCUT2D eigenvalue weighted by molar-refractivity contribution is 5.82. The van der Waals surface area contributed by atoms with Gasteiger partial charge in [-0.15, -0.1) is 0 Å². The van der Waals surface area contributed by atoms with Crippen molar-refractivity contribution in [1.29, 1.82) is 0 Å². The van der Waals surface area contributed by atoms with E-state index in [9.17, 15) is 18.8 Å². The number of nitrogens with one attached hydrogen (secondary N) is 1. The lowest BCUT2D eigenvalue weighted by atomic mass is 9.87. The summed E-state index contributed by atoms with van der Waals surface area (Å²) in [7, 11) is 2.91. The molecule has 2 aromatic carbocycles. The number of nitrogens with zero attached hydrogens (tertiary/aromatic N) is 2. The van der Waals surface area contributed by atoms with E-state index in [0.29, 0.717) is 13.0 Å². The molecule has 10 heteroatoms. The molecule has 1 saturated heterocycles. The van der Waals surface area contributed by atoms with Crippen molar-refractivity contribution in [3.05, 3.63) is 71.0 Å². The van der Waals surface area contributed by atoms with E-state index < -0.39 is 41.9 Å². The molecule has 0 aromatic heterocycles. The summed E-state index contributed by atoms with van der Waals surface area (Å²) in [6.45, 7) is 5.80. The lowest BCUT2D eigenvalue weighted by Crippen LogP contribution is -2.61. The topological polar surface area (TPSA) is 97.4 Å². The van der Waals surface area contributed by atoms with Gasteiger partial charge in [-0.05, 0) is 56.0 Å². The fraction of sp³-hybridized carbons (Fsp3) is 0.500. The van der Waals surface area contributed by atoms with Gasteiger partial charge in [-0.25, -0.2) is 9.18 Å². The Labute approximate surface area is 234 Å². The van der Waals surface area contributed by atoms with Crippen molar-refractivity contribution >= 4 is 18.0 Å². The second-order valence-corrected chi connectivity index (χ2v) is 11.2. The molecule has 0 aliphatic carbocycles. The first-order chi connectivity index (χ1) is 19.0. The molecule has 2 amide bonds. The molecule has 2 heterocycles. The first kappa shape index (κ1) is 29.5. The number of fused-ring (bicyclic) bond motifs is 1. The first-order valence-corrected chi connectivity index (χ1v) is 13.5. The van der Waals surface area contributed by atoms with Crippen molar-refractivity contribution in [3.8, 4) is 0 Å². The Hall–Kier alpha value is -3.50. The molecule has 4 rings (SSSR count). The summed E-state index contributed by atoms with van der Waals surface area (Å²) in [5.41, 5.74) is 2.25. The number of amides is 2. The molecule has 2 aliphatic rings. The summed E-state index contributed by atoms with van der Waals surface area (Å²) in [5, 5.41) is 3.16. The molecular weight excluding hydrogens is 517 g/mol. The number of esters is 1. The lowest BCUT2D eigenvalue weighted by molar-refractivity contribution is -0.152. The molecule has 4 atom stereocenters. The van der Waals surface area contributed by atoms with Gasteiger partial charge in [-0.3, -0.25) is 9.59 Å². The number of benzene rings is 2. The number of hydrogen-bond donors (Lipinski definition) is 1. The van der Waals surface area contributed by atoms with Crippen LogP contribution in [0.25, 0.3) is 0 Å². The molecule has 9 nitrogen and oxygen atoms in total. The minimum absolute atomic E-state index is 0.0661. The molecule has 0 bridgehead atoms. The number of methoxy groups -OCH3 is 1. The van der Waals surface area contributed by atoms with Crippen molar-refractivity contribution < 1.29 is 33.0 Å². The van der Waals surface area contributed by atoms with Crippen LogP contribution in [0.15, 0.2) is 48.5 Å². The summed E-state index contributed by atoms with van der Waals surface area (Å²) in [5.74, 6) is -1.01. The van der Waals surface area contributed by atoms with Crippen LogP contribution in [0.2, 0.25) is 0 Å². The number of likely N-dealkylation sites (N-methyl/N-ethyl adjacent to an activating group) is 1. The van der Waals surface area contributed by atoms with Crippen LogP contribution >= 0.6 is 0 Å². The third-order valence-electron chi connectivity index (χ3n) is 7.34. The Kier molecular flexibility index (Phi) is 9.10. The molecule has 40 heavy (non-hydrogen) atoms. The molecule has 1 N–H and O–H groups in total. The van der Waals surface area contributed by atoms with Gasteiger partial charge in [-0.1, -0.05) is 36.4 Å². The van der Waals surface area contributed by atoms with E-state index in [-0.39, 0.29) is 31.3 Å². The van der Waals surface area contributed by atoms with Crippen LogP contribution in [-0.4, -0.2) is 85.4 Å². The van der Waals surface area contributed by atoms with Crippen LogP contribution in [0.4, 0.5) is 9.18 Å². The Morgan fingerprint density at radius 1 is 1.12 bits per heavy atom. The fourth-order valence-electron chi connectivity index (χ4n) is 5.31. The quantitative estimate of drug-likeness (QED) is 0.546. The number of carbonyl (C=O) groups is 3. The van der Waals surface area contributed by atoms with E-state index in [1.807, 2.05) is 18.2 Å². The maximum absolute atomic E-state index is 14.1. The zero-order valence-electron chi connectivity index (χ0n) is 23.7. The van der Waals surface area contributed by atoms with Crippen LogP contribution in [0.1, 0.15) is 49.9 Å². The largest absolute Gasteiger partial charge is 0.468 e. The van der Waals surface area contributed by atoms with Gasteiger partial charge in [0.15, 0.2) is 0 Å². The smallest absolute Gasteiger partial charge is 0.410 e. The van der Waals surface area contributed by atoms with Crippen LogP contribution < -0.4 is 5.32 Å². The monoisotopic (exact) mass is 555 g/mol. The second-order valence-electron chi connectivity index (χ2n) is 11.2. The minimum atomic E-state index is -0.813.